The summed E-state index contributed by atoms with van der Waals surface area (Å²) >= 11 is 5.02. The molecule has 1 amide bonds. The number of rotatable bonds is 4. The number of nitrogens with one attached hydrogen (secondary N) is 1. The van der Waals surface area contributed by atoms with Gasteiger partial charge in [-0.2, -0.15) is 0 Å². The SMILES string of the molecule is O=C(C=Cc1ccc(-c2ccc(Br)cc2)s1)NC1CCS(=O)(=O)C1. The van der Waals surface area contributed by atoms with E-state index < -0.39 is 9.84 Å². The van der Waals surface area contributed by atoms with Crippen molar-refractivity contribution in [3.8, 4) is 10.4 Å². The van der Waals surface area contributed by atoms with Crippen molar-refractivity contribution in [2.45, 2.75) is 12.5 Å². The van der Waals surface area contributed by atoms with E-state index >= 15 is 0 Å². The van der Waals surface area contributed by atoms with Crippen LogP contribution >= 0.6 is 27.3 Å². The van der Waals surface area contributed by atoms with E-state index in [0.29, 0.717) is 6.42 Å². The Bertz CT molecular complexity index is 869. The predicted octanol–water partition coefficient (Wildman–Crippen LogP) is 3.49. The first-order valence-electron chi connectivity index (χ1n) is 7.46. The molecule has 2 aromatic rings. The van der Waals surface area contributed by atoms with Crippen molar-refractivity contribution in [3.05, 3.63) is 51.8 Å². The Hall–Kier alpha value is -1.44. The zero-order chi connectivity index (χ0) is 17.2. The summed E-state index contributed by atoms with van der Waals surface area (Å²) in [5.41, 5.74) is 1.13. The third kappa shape index (κ3) is 4.55. The van der Waals surface area contributed by atoms with Crippen LogP contribution in [0.1, 0.15) is 11.3 Å². The Labute approximate surface area is 153 Å². The molecule has 1 N–H and O–H groups in total. The van der Waals surface area contributed by atoms with Gasteiger partial charge in [-0.3, -0.25) is 4.79 Å². The molecule has 0 aliphatic carbocycles. The van der Waals surface area contributed by atoms with Crippen LogP contribution in [0.3, 0.4) is 0 Å². The van der Waals surface area contributed by atoms with E-state index in [1.165, 1.54) is 6.08 Å². The lowest BCUT2D eigenvalue weighted by atomic mass is 10.2. The van der Waals surface area contributed by atoms with Gasteiger partial charge in [-0.05, 0) is 42.3 Å². The van der Waals surface area contributed by atoms with Crippen LogP contribution in [0, 0.1) is 0 Å². The number of amides is 1. The Morgan fingerprint density at radius 1 is 1.21 bits per heavy atom. The van der Waals surface area contributed by atoms with Crippen molar-refractivity contribution in [2.75, 3.05) is 11.5 Å². The molecule has 1 aromatic carbocycles. The number of carbonyl (C=O) groups is 1. The normalized spacial score (nSPS) is 19.6. The fourth-order valence-corrected chi connectivity index (χ4v) is 5.38. The highest BCUT2D eigenvalue weighted by Gasteiger charge is 2.28. The van der Waals surface area contributed by atoms with Gasteiger partial charge in [0, 0.05) is 26.3 Å². The van der Waals surface area contributed by atoms with Gasteiger partial charge in [0.2, 0.25) is 5.91 Å². The zero-order valence-corrected chi connectivity index (χ0v) is 16.0. The summed E-state index contributed by atoms with van der Waals surface area (Å²) in [5, 5.41) is 2.74. The highest BCUT2D eigenvalue weighted by atomic mass is 79.9. The highest BCUT2D eigenvalue weighted by molar-refractivity contribution is 9.10. The fourth-order valence-electron chi connectivity index (χ4n) is 2.53. The van der Waals surface area contributed by atoms with E-state index in [0.717, 1.165) is 19.8 Å². The second-order valence-electron chi connectivity index (χ2n) is 5.65. The number of sulfone groups is 1. The lowest BCUT2D eigenvalue weighted by Crippen LogP contribution is -2.34. The molecule has 1 aromatic heterocycles. The van der Waals surface area contributed by atoms with E-state index in [1.54, 1.807) is 17.4 Å². The Kier molecular flexibility index (Phi) is 5.22. The first-order chi connectivity index (χ1) is 11.4. The van der Waals surface area contributed by atoms with Gasteiger partial charge in [0.1, 0.15) is 0 Å². The zero-order valence-electron chi connectivity index (χ0n) is 12.7. The molecule has 1 aliphatic rings. The summed E-state index contributed by atoms with van der Waals surface area (Å²) in [6.07, 6.45) is 3.71. The summed E-state index contributed by atoms with van der Waals surface area (Å²) in [5.74, 6) is -0.0571. The summed E-state index contributed by atoms with van der Waals surface area (Å²) < 4.78 is 23.8. The van der Waals surface area contributed by atoms with Crippen LogP contribution in [-0.2, 0) is 14.6 Å². The molecule has 1 atom stereocenters. The predicted molar refractivity (Wildman–Crippen MR) is 102 cm³/mol. The van der Waals surface area contributed by atoms with Gasteiger partial charge >= 0.3 is 0 Å². The summed E-state index contributed by atoms with van der Waals surface area (Å²) in [6, 6.07) is 11.8. The monoisotopic (exact) mass is 425 g/mol. The minimum Gasteiger partial charge on any atom is -0.349 e. The van der Waals surface area contributed by atoms with Crippen LogP contribution < -0.4 is 5.32 Å². The Morgan fingerprint density at radius 3 is 2.62 bits per heavy atom. The van der Waals surface area contributed by atoms with Gasteiger partial charge < -0.3 is 5.32 Å². The number of benzene rings is 1. The molecule has 1 fully saturated rings. The largest absolute Gasteiger partial charge is 0.349 e. The maximum absolute atomic E-state index is 11.9. The number of hydrogen-bond acceptors (Lipinski definition) is 4. The molecule has 0 bridgehead atoms. The maximum Gasteiger partial charge on any atom is 0.244 e. The van der Waals surface area contributed by atoms with E-state index in [9.17, 15) is 13.2 Å². The Morgan fingerprint density at radius 2 is 1.96 bits per heavy atom. The Balaban J connectivity index is 1.61. The van der Waals surface area contributed by atoms with E-state index in [1.807, 2.05) is 36.4 Å². The minimum atomic E-state index is -2.98. The van der Waals surface area contributed by atoms with Gasteiger partial charge in [0.15, 0.2) is 9.84 Å². The molecule has 1 unspecified atom stereocenters. The smallest absolute Gasteiger partial charge is 0.244 e. The molecule has 4 nitrogen and oxygen atoms in total. The van der Waals surface area contributed by atoms with Gasteiger partial charge in [-0.15, -0.1) is 11.3 Å². The van der Waals surface area contributed by atoms with Crippen LogP contribution in [-0.4, -0.2) is 31.9 Å². The van der Waals surface area contributed by atoms with Crippen molar-refractivity contribution < 1.29 is 13.2 Å². The molecule has 126 valence electrons. The standard InChI is InChI=1S/C17H16BrNO3S2/c18-13-3-1-12(2-4-13)16-7-5-15(23-16)6-8-17(20)19-14-9-10-24(21,22)11-14/h1-8,14H,9-11H2,(H,19,20). The average Bonchev–Trinajstić information content (AvgIpc) is 3.12. The molecule has 7 heteroatoms. The average molecular weight is 426 g/mol. The third-order valence-corrected chi connectivity index (χ3v) is 7.13. The molecule has 0 saturated carbocycles. The van der Waals surface area contributed by atoms with Gasteiger partial charge in [0.05, 0.1) is 11.5 Å². The quantitative estimate of drug-likeness (QED) is 0.762. The van der Waals surface area contributed by atoms with Crippen LogP contribution in [0.15, 0.2) is 46.9 Å². The van der Waals surface area contributed by atoms with Crippen LogP contribution in [0.4, 0.5) is 0 Å². The van der Waals surface area contributed by atoms with Crippen LogP contribution in [0.5, 0.6) is 0 Å². The molecule has 1 aliphatic heterocycles. The second kappa shape index (κ2) is 7.21. The third-order valence-electron chi connectivity index (χ3n) is 3.73. The second-order valence-corrected chi connectivity index (χ2v) is 9.91. The summed E-state index contributed by atoms with van der Waals surface area (Å²) in [7, 11) is -2.98. The van der Waals surface area contributed by atoms with Crippen molar-refractivity contribution in [3.63, 3.8) is 0 Å². The number of halogens is 1. The molecule has 3 rings (SSSR count). The lowest BCUT2D eigenvalue weighted by molar-refractivity contribution is -0.116. The minimum absolute atomic E-state index is 0.0410. The first-order valence-corrected chi connectivity index (χ1v) is 10.9. The van der Waals surface area contributed by atoms with Crippen LogP contribution in [0.25, 0.3) is 16.5 Å². The van der Waals surface area contributed by atoms with Crippen molar-refractivity contribution in [1.82, 2.24) is 5.32 Å². The van der Waals surface area contributed by atoms with E-state index in [4.69, 9.17) is 0 Å². The van der Waals surface area contributed by atoms with Crippen LogP contribution in [0.2, 0.25) is 0 Å². The molecule has 1 saturated heterocycles. The van der Waals surface area contributed by atoms with Gasteiger partial charge in [0.25, 0.3) is 0 Å². The van der Waals surface area contributed by atoms with Crippen molar-refractivity contribution >= 4 is 49.1 Å². The topological polar surface area (TPSA) is 63.2 Å². The van der Waals surface area contributed by atoms with Gasteiger partial charge in [-0.1, -0.05) is 28.1 Å². The lowest BCUT2D eigenvalue weighted by Gasteiger charge is -2.07. The number of hydrogen-bond donors (Lipinski definition) is 1. The van der Waals surface area contributed by atoms with Crippen molar-refractivity contribution in [1.29, 1.82) is 0 Å². The summed E-state index contributed by atoms with van der Waals surface area (Å²) in [4.78, 5) is 14.0. The molecular formula is C17H16BrNO3S2. The number of carbonyl (C=O) groups excluding carboxylic acids is 1. The van der Waals surface area contributed by atoms with Gasteiger partial charge in [-0.25, -0.2) is 8.42 Å². The summed E-state index contributed by atoms with van der Waals surface area (Å²) in [6.45, 7) is 0. The fraction of sp³-hybridized carbons (Fsp3) is 0.235. The first kappa shape index (κ1) is 17.4. The van der Waals surface area contributed by atoms with Crippen molar-refractivity contribution in [2.24, 2.45) is 0 Å². The molecule has 24 heavy (non-hydrogen) atoms. The molecule has 0 spiro atoms. The molecule has 0 radical (unpaired) electrons. The van der Waals surface area contributed by atoms with E-state index in [2.05, 4.69) is 21.2 Å². The molecule has 2 heterocycles. The van der Waals surface area contributed by atoms with E-state index in [-0.39, 0.29) is 23.5 Å². The molecular weight excluding hydrogens is 410 g/mol. The number of thiophene rings is 1. The maximum atomic E-state index is 11.9. The highest BCUT2D eigenvalue weighted by Crippen LogP contribution is 2.29.